The summed E-state index contributed by atoms with van der Waals surface area (Å²) in [6, 6.07) is 15.9. The second-order valence-corrected chi connectivity index (χ2v) is 8.19. The molecule has 0 spiro atoms. The molecule has 1 aliphatic rings. The summed E-state index contributed by atoms with van der Waals surface area (Å²) < 4.78 is 0. The molecule has 1 amide bonds. The van der Waals surface area contributed by atoms with E-state index in [1.54, 1.807) is 0 Å². The molecule has 0 aliphatic heterocycles. The van der Waals surface area contributed by atoms with E-state index in [1.165, 1.54) is 17.5 Å². The predicted octanol–water partition coefficient (Wildman–Crippen LogP) is 5.81. The Bertz CT molecular complexity index is 1100. The second-order valence-electron chi connectivity index (χ2n) is 8.19. The van der Waals surface area contributed by atoms with Gasteiger partial charge in [0.2, 0.25) is 0 Å². The van der Waals surface area contributed by atoms with Crippen LogP contribution in [0.3, 0.4) is 0 Å². The Balaban J connectivity index is 1.71. The zero-order valence-electron chi connectivity index (χ0n) is 17.3. The molecule has 29 heavy (non-hydrogen) atoms. The first-order valence-corrected chi connectivity index (χ1v) is 10.3. The van der Waals surface area contributed by atoms with Crippen molar-refractivity contribution < 1.29 is 4.79 Å². The van der Waals surface area contributed by atoms with Crippen molar-refractivity contribution in [3.8, 4) is 11.3 Å². The largest absolute Gasteiger partial charge is 0.272 e. The van der Waals surface area contributed by atoms with Gasteiger partial charge in [0.25, 0.3) is 5.91 Å². The quantitative estimate of drug-likeness (QED) is 0.578. The number of hydrogen-bond donors (Lipinski definition) is 1. The van der Waals surface area contributed by atoms with Gasteiger partial charge in [-0.05, 0) is 74.8 Å². The van der Waals surface area contributed by atoms with Crippen molar-refractivity contribution in [3.63, 3.8) is 0 Å². The molecule has 4 nitrogen and oxygen atoms in total. The van der Waals surface area contributed by atoms with E-state index in [0.717, 1.165) is 47.1 Å². The normalized spacial score (nSPS) is 18.2. The number of aryl methyl sites for hydroxylation is 2. The fourth-order valence-corrected chi connectivity index (χ4v) is 3.96. The van der Waals surface area contributed by atoms with Gasteiger partial charge in [-0.1, -0.05) is 37.3 Å². The summed E-state index contributed by atoms with van der Waals surface area (Å²) >= 11 is 0. The fourth-order valence-electron chi connectivity index (χ4n) is 3.96. The van der Waals surface area contributed by atoms with E-state index in [2.05, 4.69) is 49.5 Å². The van der Waals surface area contributed by atoms with Gasteiger partial charge >= 0.3 is 0 Å². The first-order chi connectivity index (χ1) is 14.0. The van der Waals surface area contributed by atoms with Gasteiger partial charge in [-0.2, -0.15) is 5.10 Å². The van der Waals surface area contributed by atoms with Gasteiger partial charge in [-0.25, -0.2) is 10.4 Å². The number of carbonyl (C=O) groups is 1. The maximum Gasteiger partial charge on any atom is 0.272 e. The van der Waals surface area contributed by atoms with Crippen LogP contribution < -0.4 is 5.43 Å². The Labute approximate surface area is 172 Å². The molecular formula is C25H27N3O. The maximum absolute atomic E-state index is 13.0. The number of nitrogens with one attached hydrogen (secondary N) is 1. The molecule has 2 aromatic carbocycles. The first kappa shape index (κ1) is 19.3. The summed E-state index contributed by atoms with van der Waals surface area (Å²) in [4.78, 5) is 17.8. The zero-order chi connectivity index (χ0) is 20.4. The molecule has 4 heteroatoms. The Kier molecular flexibility index (Phi) is 5.43. The summed E-state index contributed by atoms with van der Waals surface area (Å²) in [5, 5.41) is 5.28. The molecule has 1 atom stereocenters. The van der Waals surface area contributed by atoms with Crippen LogP contribution in [0.2, 0.25) is 0 Å². The Morgan fingerprint density at radius 3 is 2.72 bits per heavy atom. The Morgan fingerprint density at radius 1 is 1.10 bits per heavy atom. The zero-order valence-corrected chi connectivity index (χ0v) is 17.3. The van der Waals surface area contributed by atoms with Crippen molar-refractivity contribution in [3.05, 3.63) is 65.2 Å². The highest BCUT2D eigenvalue weighted by Crippen LogP contribution is 2.26. The summed E-state index contributed by atoms with van der Waals surface area (Å²) in [5.41, 5.74) is 9.58. The third kappa shape index (κ3) is 4.21. The highest BCUT2D eigenvalue weighted by atomic mass is 16.2. The summed E-state index contributed by atoms with van der Waals surface area (Å²) in [5.74, 6) is 0.456. The van der Waals surface area contributed by atoms with Crippen molar-refractivity contribution in [2.24, 2.45) is 11.0 Å². The lowest BCUT2D eigenvalue weighted by Crippen LogP contribution is -2.22. The molecule has 1 aromatic heterocycles. The minimum Gasteiger partial charge on any atom is -0.267 e. The number of pyridine rings is 1. The van der Waals surface area contributed by atoms with Gasteiger partial charge in [-0.3, -0.25) is 4.79 Å². The molecule has 0 saturated heterocycles. The van der Waals surface area contributed by atoms with E-state index in [4.69, 9.17) is 4.98 Å². The summed E-state index contributed by atoms with van der Waals surface area (Å²) in [6.45, 7) is 6.43. The van der Waals surface area contributed by atoms with Gasteiger partial charge < -0.3 is 0 Å². The van der Waals surface area contributed by atoms with Gasteiger partial charge in [0, 0.05) is 16.7 Å². The average molecular weight is 386 g/mol. The van der Waals surface area contributed by atoms with E-state index in [9.17, 15) is 4.79 Å². The molecule has 0 bridgehead atoms. The van der Waals surface area contributed by atoms with Gasteiger partial charge in [0.05, 0.1) is 16.8 Å². The number of rotatable bonds is 3. The van der Waals surface area contributed by atoms with Crippen molar-refractivity contribution in [1.82, 2.24) is 10.4 Å². The number of benzene rings is 2. The maximum atomic E-state index is 13.0. The molecular weight excluding hydrogens is 358 g/mol. The van der Waals surface area contributed by atoms with Crippen LogP contribution in [0.4, 0.5) is 0 Å². The number of carbonyl (C=O) groups excluding carboxylic acids is 1. The third-order valence-electron chi connectivity index (χ3n) is 5.83. The molecule has 0 unspecified atom stereocenters. The fraction of sp³-hybridized carbons (Fsp3) is 0.320. The topological polar surface area (TPSA) is 54.4 Å². The number of fused-ring (bicyclic) bond motifs is 1. The first-order valence-electron chi connectivity index (χ1n) is 10.3. The number of nitrogens with zero attached hydrogens (tertiary/aromatic N) is 2. The Morgan fingerprint density at radius 2 is 1.93 bits per heavy atom. The molecule has 4 rings (SSSR count). The number of aromatic nitrogens is 1. The van der Waals surface area contributed by atoms with Crippen molar-refractivity contribution in [1.29, 1.82) is 0 Å². The van der Waals surface area contributed by atoms with Crippen LogP contribution in [-0.2, 0) is 0 Å². The molecule has 0 radical (unpaired) electrons. The number of hydrogen-bond acceptors (Lipinski definition) is 3. The van der Waals surface area contributed by atoms with E-state index < -0.39 is 0 Å². The summed E-state index contributed by atoms with van der Waals surface area (Å²) in [6.07, 6.45) is 4.31. The minimum absolute atomic E-state index is 0.181. The molecule has 1 saturated carbocycles. The second kappa shape index (κ2) is 8.16. The third-order valence-corrected chi connectivity index (χ3v) is 5.83. The summed E-state index contributed by atoms with van der Waals surface area (Å²) in [7, 11) is 0. The van der Waals surface area contributed by atoms with Gasteiger partial charge in [0.1, 0.15) is 0 Å². The van der Waals surface area contributed by atoms with Crippen LogP contribution in [0.1, 0.15) is 54.1 Å². The van der Waals surface area contributed by atoms with Crippen molar-refractivity contribution in [2.75, 3.05) is 0 Å². The smallest absolute Gasteiger partial charge is 0.267 e. The molecule has 1 aliphatic carbocycles. The minimum atomic E-state index is -0.181. The molecule has 1 heterocycles. The van der Waals surface area contributed by atoms with E-state index in [0.29, 0.717) is 11.5 Å². The van der Waals surface area contributed by atoms with Crippen LogP contribution in [-0.4, -0.2) is 16.6 Å². The van der Waals surface area contributed by atoms with Crippen LogP contribution in [0.5, 0.6) is 0 Å². The molecule has 1 fully saturated rings. The van der Waals surface area contributed by atoms with Crippen molar-refractivity contribution >= 4 is 22.5 Å². The van der Waals surface area contributed by atoms with Gasteiger partial charge in [0.15, 0.2) is 0 Å². The van der Waals surface area contributed by atoms with Crippen molar-refractivity contribution in [2.45, 2.75) is 46.5 Å². The highest BCUT2D eigenvalue weighted by molar-refractivity contribution is 6.07. The SMILES string of the molecule is Cc1ccc(-c2cc(C(=O)N/N=C3/CCC[C@H](C)C3)c3ccccc3n2)cc1C. The lowest BCUT2D eigenvalue weighted by molar-refractivity contribution is 0.0956. The number of para-hydroxylation sites is 1. The van der Waals surface area contributed by atoms with Crippen LogP contribution in [0.15, 0.2) is 53.6 Å². The van der Waals surface area contributed by atoms with E-state index in [-0.39, 0.29) is 5.91 Å². The van der Waals surface area contributed by atoms with Crippen LogP contribution >= 0.6 is 0 Å². The van der Waals surface area contributed by atoms with E-state index in [1.807, 2.05) is 30.3 Å². The average Bonchev–Trinajstić information content (AvgIpc) is 2.73. The van der Waals surface area contributed by atoms with Crippen LogP contribution in [0, 0.1) is 19.8 Å². The highest BCUT2D eigenvalue weighted by Gasteiger charge is 2.17. The van der Waals surface area contributed by atoms with Crippen LogP contribution in [0.25, 0.3) is 22.2 Å². The lowest BCUT2D eigenvalue weighted by Gasteiger charge is -2.19. The molecule has 1 N–H and O–H groups in total. The molecule has 148 valence electrons. The van der Waals surface area contributed by atoms with E-state index >= 15 is 0 Å². The monoisotopic (exact) mass is 385 g/mol. The predicted molar refractivity (Wildman–Crippen MR) is 119 cm³/mol. The number of amides is 1. The molecule has 3 aromatic rings. The number of hydrazone groups is 1. The van der Waals surface area contributed by atoms with Gasteiger partial charge in [-0.15, -0.1) is 0 Å². The Hall–Kier alpha value is -3.01. The standard InChI is InChI=1S/C25H27N3O/c1-16-7-6-8-20(13-16)27-28-25(29)22-15-24(19-12-11-17(2)18(3)14-19)26-23-10-5-4-9-21(22)23/h4-5,9-12,14-16H,6-8,13H2,1-3H3,(H,28,29)/b27-20-/t16-/m0/s1. The lowest BCUT2D eigenvalue weighted by atomic mass is 9.89.